The number of amides is 2. The minimum atomic E-state index is -2.97. The molecule has 0 aliphatic heterocycles. The van der Waals surface area contributed by atoms with Crippen molar-refractivity contribution in [3.8, 4) is 11.6 Å². The van der Waals surface area contributed by atoms with Crippen LogP contribution in [-0.4, -0.2) is 37.5 Å². The van der Waals surface area contributed by atoms with E-state index in [-0.39, 0.29) is 17.3 Å². The maximum Gasteiger partial charge on any atom is 0.455 e. The van der Waals surface area contributed by atoms with Crippen LogP contribution in [0.25, 0.3) is 0 Å². The number of hydrogen-bond acceptors (Lipinski definition) is 8. The fourth-order valence-corrected chi connectivity index (χ4v) is 1.86. The molecule has 10 nitrogen and oxygen atoms in total. The van der Waals surface area contributed by atoms with Crippen molar-refractivity contribution < 1.29 is 31.9 Å². The average molecular weight is 368 g/mol. The van der Waals surface area contributed by atoms with Gasteiger partial charge in [0, 0.05) is 24.1 Å². The van der Waals surface area contributed by atoms with E-state index in [1.54, 1.807) is 0 Å². The van der Waals surface area contributed by atoms with E-state index >= 15 is 0 Å². The molecule has 0 atom stereocenters. The predicted octanol–water partition coefficient (Wildman–Crippen LogP) is 1.44. The Bertz CT molecular complexity index is 955. The van der Waals surface area contributed by atoms with E-state index in [9.17, 15) is 22.4 Å². The van der Waals surface area contributed by atoms with Gasteiger partial charge < -0.3 is 14.8 Å². The van der Waals surface area contributed by atoms with Gasteiger partial charge in [-0.15, -0.1) is 0 Å². The lowest BCUT2D eigenvalue weighted by Crippen LogP contribution is -2.16. The molecule has 2 aromatic heterocycles. The van der Waals surface area contributed by atoms with Gasteiger partial charge in [-0.2, -0.15) is 12.8 Å². The standard InChI is InChI=1S/C13H9FN4O6S/c1-23-8-3-5-16-11(14)10(8)12(19)17-7-2-4-15-9(6-7)24-13(20)18-25(21)22/h2-6H,1H3,(H,15,17,19). The van der Waals surface area contributed by atoms with Gasteiger partial charge >= 0.3 is 16.6 Å². The zero-order valence-corrected chi connectivity index (χ0v) is 13.3. The molecule has 0 radical (unpaired) electrons. The number of rotatable bonds is 4. The van der Waals surface area contributed by atoms with Crippen LogP contribution in [0, 0.1) is 5.95 Å². The second-order valence-electron chi connectivity index (χ2n) is 4.19. The Morgan fingerprint density at radius 3 is 2.64 bits per heavy atom. The molecule has 0 aromatic carbocycles. The molecule has 130 valence electrons. The molecule has 2 rings (SSSR count). The lowest BCUT2D eigenvalue weighted by Gasteiger charge is -2.09. The fourth-order valence-electron chi connectivity index (χ4n) is 1.70. The Morgan fingerprint density at radius 2 is 1.96 bits per heavy atom. The summed E-state index contributed by atoms with van der Waals surface area (Å²) in [6.45, 7) is 0. The summed E-state index contributed by atoms with van der Waals surface area (Å²) >= 11 is 0. The van der Waals surface area contributed by atoms with Crippen LogP contribution in [0.2, 0.25) is 0 Å². The topological polar surface area (TPSA) is 137 Å². The minimum Gasteiger partial charge on any atom is -0.496 e. The molecule has 0 saturated carbocycles. The first-order valence-corrected chi connectivity index (χ1v) is 7.42. The van der Waals surface area contributed by atoms with Crippen molar-refractivity contribution in [3.63, 3.8) is 0 Å². The largest absolute Gasteiger partial charge is 0.496 e. The van der Waals surface area contributed by atoms with Gasteiger partial charge in [0.1, 0.15) is 11.3 Å². The van der Waals surface area contributed by atoms with E-state index in [2.05, 4.69) is 24.4 Å². The second kappa shape index (κ2) is 7.92. The number of carbonyl (C=O) groups excluding carboxylic acids is 2. The number of carbonyl (C=O) groups is 2. The molecule has 1 N–H and O–H groups in total. The van der Waals surface area contributed by atoms with Crippen LogP contribution >= 0.6 is 0 Å². The first kappa shape index (κ1) is 17.9. The molecule has 0 fully saturated rings. The summed E-state index contributed by atoms with van der Waals surface area (Å²) in [5, 5.41) is 2.35. The van der Waals surface area contributed by atoms with Crippen LogP contribution in [0.15, 0.2) is 35.0 Å². The maximum absolute atomic E-state index is 13.8. The molecule has 2 heterocycles. The van der Waals surface area contributed by atoms with Crippen molar-refractivity contribution in [3.05, 3.63) is 42.1 Å². The van der Waals surface area contributed by atoms with Gasteiger partial charge in [-0.05, 0) is 12.1 Å². The number of hydrogen-bond donors (Lipinski definition) is 1. The number of nitrogens with one attached hydrogen (secondary N) is 1. The average Bonchev–Trinajstić information content (AvgIpc) is 2.53. The molecule has 0 bridgehead atoms. The van der Waals surface area contributed by atoms with E-state index in [1.165, 1.54) is 25.4 Å². The summed E-state index contributed by atoms with van der Waals surface area (Å²) in [4.78, 5) is 30.3. The monoisotopic (exact) mass is 368 g/mol. The van der Waals surface area contributed by atoms with Crippen LogP contribution in [0.4, 0.5) is 14.9 Å². The fraction of sp³-hybridized carbons (Fsp3) is 0.0769. The van der Waals surface area contributed by atoms with Crippen LogP contribution in [-0.2, 0) is 10.5 Å². The Morgan fingerprint density at radius 1 is 1.24 bits per heavy atom. The molecule has 0 aliphatic rings. The van der Waals surface area contributed by atoms with Gasteiger partial charge in [-0.1, -0.05) is 4.36 Å². The summed E-state index contributed by atoms with van der Waals surface area (Å²) < 4.78 is 46.3. The van der Waals surface area contributed by atoms with Gasteiger partial charge in [0.15, 0.2) is 0 Å². The zero-order chi connectivity index (χ0) is 18.4. The summed E-state index contributed by atoms with van der Waals surface area (Å²) in [5.74, 6) is -2.25. The Hall–Kier alpha value is -3.41. The van der Waals surface area contributed by atoms with Gasteiger partial charge in [0.05, 0.1) is 7.11 Å². The highest BCUT2D eigenvalue weighted by Crippen LogP contribution is 2.22. The van der Waals surface area contributed by atoms with Crippen LogP contribution < -0.4 is 14.8 Å². The summed E-state index contributed by atoms with van der Waals surface area (Å²) in [6.07, 6.45) is 0.894. The molecule has 2 aromatic rings. The number of nitrogens with zero attached hydrogens (tertiary/aromatic N) is 3. The highest BCUT2D eigenvalue weighted by atomic mass is 32.2. The van der Waals surface area contributed by atoms with E-state index in [0.29, 0.717) is 0 Å². The highest BCUT2D eigenvalue weighted by molar-refractivity contribution is 7.62. The van der Waals surface area contributed by atoms with Gasteiger partial charge in [0.25, 0.3) is 5.91 Å². The first-order chi connectivity index (χ1) is 11.9. The second-order valence-corrected chi connectivity index (χ2v) is 4.81. The molecular formula is C13H9FN4O6S. The summed E-state index contributed by atoms with van der Waals surface area (Å²) in [7, 11) is -1.71. The van der Waals surface area contributed by atoms with Gasteiger partial charge in [-0.25, -0.2) is 14.8 Å². The zero-order valence-electron chi connectivity index (χ0n) is 12.5. The first-order valence-electron chi connectivity index (χ1n) is 6.39. The number of anilines is 1. The number of methoxy groups -OCH3 is 1. The number of ether oxygens (including phenoxy) is 2. The number of pyridine rings is 2. The van der Waals surface area contributed by atoms with Crippen LogP contribution in [0.1, 0.15) is 10.4 Å². The predicted molar refractivity (Wildman–Crippen MR) is 80.3 cm³/mol. The van der Waals surface area contributed by atoms with Gasteiger partial charge in [-0.3, -0.25) is 4.79 Å². The minimum absolute atomic E-state index is 0.0255. The third-order valence-electron chi connectivity index (χ3n) is 2.65. The SMILES string of the molecule is COc1ccnc(F)c1C(=O)Nc1ccnc(OC(=O)N=S(=O)=O)c1. The van der Waals surface area contributed by atoms with Crippen molar-refractivity contribution in [2.45, 2.75) is 0 Å². The summed E-state index contributed by atoms with van der Waals surface area (Å²) in [6, 6.07) is 3.75. The van der Waals surface area contributed by atoms with Crippen molar-refractivity contribution in [1.82, 2.24) is 9.97 Å². The van der Waals surface area contributed by atoms with E-state index in [0.717, 1.165) is 12.3 Å². The van der Waals surface area contributed by atoms with Crippen LogP contribution in [0.5, 0.6) is 11.6 Å². The van der Waals surface area contributed by atoms with Crippen molar-refractivity contribution in [1.29, 1.82) is 0 Å². The molecule has 0 saturated heterocycles. The van der Waals surface area contributed by atoms with Crippen molar-refractivity contribution in [2.75, 3.05) is 12.4 Å². The number of aromatic nitrogens is 2. The highest BCUT2D eigenvalue weighted by Gasteiger charge is 2.19. The molecule has 0 unspecified atom stereocenters. The third kappa shape index (κ3) is 4.78. The maximum atomic E-state index is 13.8. The number of halogens is 1. The van der Waals surface area contributed by atoms with E-state index in [4.69, 9.17) is 4.74 Å². The lowest BCUT2D eigenvalue weighted by molar-refractivity contribution is 0.101. The third-order valence-corrected chi connectivity index (χ3v) is 2.95. The molecular weight excluding hydrogens is 359 g/mol. The molecule has 25 heavy (non-hydrogen) atoms. The van der Waals surface area contributed by atoms with Crippen molar-refractivity contribution >= 4 is 28.2 Å². The normalized spacial score (nSPS) is 9.84. The van der Waals surface area contributed by atoms with Gasteiger partial charge in [0.2, 0.25) is 11.8 Å². The summed E-state index contributed by atoms with van der Waals surface area (Å²) in [5.41, 5.74) is -0.325. The lowest BCUT2D eigenvalue weighted by atomic mass is 10.2. The van der Waals surface area contributed by atoms with Crippen molar-refractivity contribution in [2.24, 2.45) is 4.36 Å². The van der Waals surface area contributed by atoms with E-state index < -0.39 is 34.0 Å². The van der Waals surface area contributed by atoms with Crippen LogP contribution in [0.3, 0.4) is 0 Å². The quantitative estimate of drug-likeness (QED) is 0.800. The van der Waals surface area contributed by atoms with E-state index in [1.807, 2.05) is 0 Å². The molecule has 12 heteroatoms. The molecule has 0 spiro atoms. The Labute approximate surface area is 141 Å². The molecule has 2 amide bonds. The Balaban J connectivity index is 2.21. The smallest absolute Gasteiger partial charge is 0.455 e. The Kier molecular flexibility index (Phi) is 5.68. The molecule has 0 aliphatic carbocycles.